The number of fused-ring (bicyclic) bond motifs is 1. The standard InChI is InChI=1S/C6H9N3S/c7-6-9(8)4-2-1-3-5(4)10-6/h7H,1-3,8H2. The van der Waals surface area contributed by atoms with Gasteiger partial charge in [0.05, 0.1) is 5.69 Å². The number of aryl methyl sites for hydroxylation is 1. The second-order valence-electron chi connectivity index (χ2n) is 2.50. The molecular weight excluding hydrogens is 146 g/mol. The van der Waals surface area contributed by atoms with Crippen LogP contribution in [0.3, 0.4) is 0 Å². The van der Waals surface area contributed by atoms with Gasteiger partial charge in [0, 0.05) is 4.88 Å². The minimum atomic E-state index is 0.477. The van der Waals surface area contributed by atoms with Gasteiger partial charge in [-0.1, -0.05) is 0 Å². The topological polar surface area (TPSA) is 54.8 Å². The Hall–Kier alpha value is -0.770. The lowest BCUT2D eigenvalue weighted by Gasteiger charge is -1.94. The van der Waals surface area contributed by atoms with E-state index in [4.69, 9.17) is 11.3 Å². The fraction of sp³-hybridized carbons (Fsp3) is 0.500. The van der Waals surface area contributed by atoms with Gasteiger partial charge in [-0.25, -0.2) is 4.68 Å². The number of thiazole rings is 1. The van der Waals surface area contributed by atoms with Crippen molar-refractivity contribution in [2.24, 2.45) is 0 Å². The quantitative estimate of drug-likeness (QED) is 0.518. The molecule has 0 fully saturated rings. The van der Waals surface area contributed by atoms with Gasteiger partial charge in [0.15, 0.2) is 0 Å². The van der Waals surface area contributed by atoms with E-state index in [2.05, 4.69) is 0 Å². The Labute approximate surface area is 62.6 Å². The van der Waals surface area contributed by atoms with Crippen LogP contribution in [0.5, 0.6) is 0 Å². The molecule has 0 atom stereocenters. The monoisotopic (exact) mass is 155 g/mol. The third-order valence-corrected chi connectivity index (χ3v) is 2.94. The predicted octanol–water partition coefficient (Wildman–Crippen LogP) is 0.232. The van der Waals surface area contributed by atoms with Crippen molar-refractivity contribution in [3.63, 3.8) is 0 Å². The maximum Gasteiger partial charge on any atom is 0.200 e. The lowest BCUT2D eigenvalue weighted by Crippen LogP contribution is -2.23. The van der Waals surface area contributed by atoms with Gasteiger partial charge in [-0.15, -0.1) is 11.3 Å². The minimum absolute atomic E-state index is 0.477. The molecule has 0 aliphatic heterocycles. The zero-order valence-corrected chi connectivity index (χ0v) is 6.37. The number of nitrogens with two attached hydrogens (primary N) is 1. The maximum atomic E-state index is 7.37. The molecule has 1 aliphatic rings. The number of nitrogens with zero attached hydrogens (tertiary/aromatic N) is 1. The highest BCUT2D eigenvalue weighted by molar-refractivity contribution is 7.09. The number of nitrogens with one attached hydrogen (secondary N) is 1. The molecule has 1 aliphatic carbocycles. The molecule has 0 unspecified atom stereocenters. The Balaban J connectivity index is 2.70. The fourth-order valence-electron chi connectivity index (χ4n) is 1.35. The van der Waals surface area contributed by atoms with Gasteiger partial charge in [-0.2, -0.15) is 0 Å². The van der Waals surface area contributed by atoms with Crippen LogP contribution >= 0.6 is 11.3 Å². The minimum Gasteiger partial charge on any atom is -0.337 e. The van der Waals surface area contributed by atoms with Crippen molar-refractivity contribution in [1.29, 1.82) is 5.41 Å². The first kappa shape index (κ1) is 5.97. The van der Waals surface area contributed by atoms with Gasteiger partial charge in [-0.05, 0) is 19.3 Å². The van der Waals surface area contributed by atoms with Crippen molar-refractivity contribution in [3.8, 4) is 0 Å². The second kappa shape index (κ2) is 1.85. The number of hydrogen-bond acceptors (Lipinski definition) is 3. The first-order valence-corrected chi connectivity index (χ1v) is 4.14. The number of nitrogen functional groups attached to an aromatic ring is 1. The highest BCUT2D eigenvalue weighted by Crippen LogP contribution is 2.22. The molecule has 2 rings (SSSR count). The van der Waals surface area contributed by atoms with Crippen molar-refractivity contribution >= 4 is 11.3 Å². The summed E-state index contributed by atoms with van der Waals surface area (Å²) in [4.78, 5) is 1.79. The molecule has 0 bridgehead atoms. The normalized spacial score (nSPS) is 15.6. The van der Waals surface area contributed by atoms with E-state index in [0.717, 1.165) is 12.8 Å². The summed E-state index contributed by atoms with van der Waals surface area (Å²) in [5.74, 6) is 5.59. The molecule has 1 heterocycles. The lowest BCUT2D eigenvalue weighted by atomic mass is 10.4. The summed E-state index contributed by atoms with van der Waals surface area (Å²) in [6, 6.07) is 0. The summed E-state index contributed by atoms with van der Waals surface area (Å²) in [5, 5.41) is 7.37. The molecule has 10 heavy (non-hydrogen) atoms. The van der Waals surface area contributed by atoms with E-state index in [1.807, 2.05) is 0 Å². The SMILES string of the molecule is N=c1sc2c(n1N)CCC2. The van der Waals surface area contributed by atoms with E-state index < -0.39 is 0 Å². The van der Waals surface area contributed by atoms with Gasteiger partial charge < -0.3 is 5.84 Å². The summed E-state index contributed by atoms with van der Waals surface area (Å²) in [7, 11) is 0. The van der Waals surface area contributed by atoms with Crippen molar-refractivity contribution < 1.29 is 0 Å². The van der Waals surface area contributed by atoms with Crippen LogP contribution in [-0.2, 0) is 12.8 Å². The molecule has 3 nitrogen and oxygen atoms in total. The van der Waals surface area contributed by atoms with Crippen molar-refractivity contribution in [1.82, 2.24) is 4.68 Å². The molecule has 0 aromatic carbocycles. The molecular formula is C6H9N3S. The van der Waals surface area contributed by atoms with Gasteiger partial charge >= 0.3 is 0 Å². The Morgan fingerprint density at radius 2 is 2.30 bits per heavy atom. The molecule has 0 radical (unpaired) electrons. The average molecular weight is 155 g/mol. The van der Waals surface area contributed by atoms with Crippen LogP contribution in [0.2, 0.25) is 0 Å². The summed E-state index contributed by atoms with van der Waals surface area (Å²) in [6.45, 7) is 0. The van der Waals surface area contributed by atoms with E-state index in [9.17, 15) is 0 Å². The van der Waals surface area contributed by atoms with Gasteiger partial charge in [-0.3, -0.25) is 5.41 Å². The summed E-state index contributed by atoms with van der Waals surface area (Å²) in [6.07, 6.45) is 3.38. The average Bonchev–Trinajstić information content (AvgIpc) is 2.41. The van der Waals surface area contributed by atoms with Crippen molar-refractivity contribution in [3.05, 3.63) is 15.4 Å². The molecule has 0 saturated carbocycles. The Kier molecular flexibility index (Phi) is 1.11. The van der Waals surface area contributed by atoms with Crippen LogP contribution in [0.4, 0.5) is 0 Å². The van der Waals surface area contributed by atoms with E-state index in [-0.39, 0.29) is 0 Å². The highest BCUT2D eigenvalue weighted by Gasteiger charge is 2.16. The second-order valence-corrected chi connectivity index (χ2v) is 3.58. The molecule has 1 aromatic rings. The van der Waals surface area contributed by atoms with Gasteiger partial charge in [0.1, 0.15) is 0 Å². The van der Waals surface area contributed by atoms with Crippen molar-refractivity contribution in [2.45, 2.75) is 19.3 Å². The van der Waals surface area contributed by atoms with Crippen LogP contribution in [-0.4, -0.2) is 4.68 Å². The Bertz CT molecular complexity index is 309. The van der Waals surface area contributed by atoms with E-state index in [1.165, 1.54) is 33.0 Å². The third-order valence-electron chi connectivity index (χ3n) is 1.87. The molecule has 3 N–H and O–H groups in total. The summed E-state index contributed by atoms with van der Waals surface area (Å²) in [5.41, 5.74) is 1.18. The van der Waals surface area contributed by atoms with Crippen LogP contribution in [0, 0.1) is 5.41 Å². The zero-order chi connectivity index (χ0) is 7.14. The third kappa shape index (κ3) is 0.623. The molecule has 0 saturated heterocycles. The van der Waals surface area contributed by atoms with Crippen LogP contribution in [0.15, 0.2) is 0 Å². The van der Waals surface area contributed by atoms with E-state index >= 15 is 0 Å². The first-order valence-electron chi connectivity index (χ1n) is 3.32. The molecule has 54 valence electrons. The van der Waals surface area contributed by atoms with Gasteiger partial charge in [0.2, 0.25) is 4.80 Å². The Morgan fingerprint density at radius 1 is 1.50 bits per heavy atom. The van der Waals surface area contributed by atoms with Crippen LogP contribution in [0.1, 0.15) is 17.0 Å². The largest absolute Gasteiger partial charge is 0.337 e. The molecule has 0 spiro atoms. The van der Waals surface area contributed by atoms with E-state index in [1.54, 1.807) is 0 Å². The maximum absolute atomic E-state index is 7.37. The number of rotatable bonds is 0. The number of aromatic nitrogens is 1. The van der Waals surface area contributed by atoms with Crippen LogP contribution in [0.25, 0.3) is 0 Å². The van der Waals surface area contributed by atoms with Crippen molar-refractivity contribution in [2.75, 3.05) is 5.84 Å². The number of hydrogen-bond donors (Lipinski definition) is 2. The predicted molar refractivity (Wildman–Crippen MR) is 40.3 cm³/mol. The first-order chi connectivity index (χ1) is 4.79. The summed E-state index contributed by atoms with van der Waals surface area (Å²) < 4.78 is 1.51. The Morgan fingerprint density at radius 3 is 3.00 bits per heavy atom. The lowest BCUT2D eigenvalue weighted by molar-refractivity contribution is 0.818. The molecule has 0 amide bonds. The smallest absolute Gasteiger partial charge is 0.200 e. The van der Waals surface area contributed by atoms with E-state index in [0.29, 0.717) is 4.80 Å². The van der Waals surface area contributed by atoms with Crippen LogP contribution < -0.4 is 10.6 Å². The zero-order valence-electron chi connectivity index (χ0n) is 5.55. The molecule has 1 aromatic heterocycles. The molecule has 4 heteroatoms. The van der Waals surface area contributed by atoms with Gasteiger partial charge in [0.25, 0.3) is 0 Å². The summed E-state index contributed by atoms with van der Waals surface area (Å²) >= 11 is 1.51. The fourth-order valence-corrected chi connectivity index (χ4v) is 2.36. The highest BCUT2D eigenvalue weighted by atomic mass is 32.1.